The van der Waals surface area contributed by atoms with Crippen LogP contribution in [0.1, 0.15) is 28.7 Å². The Morgan fingerprint density at radius 3 is 2.69 bits per heavy atom. The van der Waals surface area contributed by atoms with Crippen molar-refractivity contribution in [2.75, 3.05) is 19.0 Å². The molecule has 3 rings (SSSR count). The number of ether oxygens (including phenoxy) is 2. The zero-order valence-corrected chi connectivity index (χ0v) is 15.1. The number of nitrogens with one attached hydrogen (secondary N) is 1. The average molecular weight is 353 g/mol. The first-order chi connectivity index (χ1) is 12.5. The Hall–Kier alpha value is -2.82. The molecule has 5 nitrogen and oxygen atoms in total. The molecule has 1 aliphatic carbocycles. The molecule has 0 radical (unpaired) electrons. The number of aryl methyl sites for hydroxylation is 3. The van der Waals surface area contributed by atoms with Crippen molar-refractivity contribution in [3.8, 4) is 5.75 Å². The molecule has 1 amide bonds. The van der Waals surface area contributed by atoms with E-state index in [1.54, 1.807) is 7.11 Å². The molecule has 2 aromatic carbocycles. The van der Waals surface area contributed by atoms with Gasteiger partial charge in [0.15, 0.2) is 6.61 Å². The maximum Gasteiger partial charge on any atom is 0.310 e. The molecule has 1 N–H and O–H groups in total. The highest BCUT2D eigenvalue weighted by molar-refractivity contribution is 5.93. The molecular formula is C21H23NO4. The second-order valence-electron chi connectivity index (χ2n) is 6.54. The molecule has 0 saturated carbocycles. The number of hydrogen-bond donors (Lipinski definition) is 1. The lowest BCUT2D eigenvalue weighted by molar-refractivity contribution is -0.146. The highest BCUT2D eigenvalue weighted by Crippen LogP contribution is 2.25. The summed E-state index contributed by atoms with van der Waals surface area (Å²) < 4.78 is 10.4. The van der Waals surface area contributed by atoms with Crippen LogP contribution < -0.4 is 10.1 Å². The minimum atomic E-state index is -0.460. The van der Waals surface area contributed by atoms with E-state index in [1.165, 1.54) is 11.1 Å². The van der Waals surface area contributed by atoms with E-state index in [4.69, 9.17) is 9.47 Å². The number of rotatable bonds is 6. The summed E-state index contributed by atoms with van der Waals surface area (Å²) in [5.74, 6) is -0.166. The Balaban J connectivity index is 1.51. The van der Waals surface area contributed by atoms with Crippen LogP contribution in [0.2, 0.25) is 0 Å². The molecule has 5 heteroatoms. The van der Waals surface area contributed by atoms with Crippen LogP contribution in [0.4, 0.5) is 5.69 Å². The minimum absolute atomic E-state index is 0.0664. The molecule has 0 fully saturated rings. The third-order valence-electron chi connectivity index (χ3n) is 4.52. The fraction of sp³-hybridized carbons (Fsp3) is 0.333. The number of carbonyl (C=O) groups is 2. The zero-order chi connectivity index (χ0) is 18.5. The topological polar surface area (TPSA) is 64.6 Å². The third kappa shape index (κ3) is 4.42. The maximum absolute atomic E-state index is 12.0. The summed E-state index contributed by atoms with van der Waals surface area (Å²) in [5, 5.41) is 2.78. The standard InChI is InChI=1S/C21H23NO4/c1-14-6-9-19(25-2)17(10-14)12-21(24)26-13-20(23)22-18-8-7-15-4-3-5-16(15)11-18/h6-11H,3-5,12-13H2,1-2H3,(H,22,23). The van der Waals surface area contributed by atoms with Crippen LogP contribution in [0.3, 0.4) is 0 Å². The highest BCUT2D eigenvalue weighted by atomic mass is 16.5. The van der Waals surface area contributed by atoms with Crippen LogP contribution >= 0.6 is 0 Å². The molecule has 0 atom stereocenters. The molecule has 26 heavy (non-hydrogen) atoms. The van der Waals surface area contributed by atoms with Gasteiger partial charge in [0.2, 0.25) is 0 Å². The van der Waals surface area contributed by atoms with Gasteiger partial charge in [0, 0.05) is 11.3 Å². The minimum Gasteiger partial charge on any atom is -0.496 e. The van der Waals surface area contributed by atoms with Crippen molar-refractivity contribution in [2.45, 2.75) is 32.6 Å². The molecule has 136 valence electrons. The van der Waals surface area contributed by atoms with Crippen molar-refractivity contribution in [2.24, 2.45) is 0 Å². The van der Waals surface area contributed by atoms with Crippen molar-refractivity contribution in [3.63, 3.8) is 0 Å². The van der Waals surface area contributed by atoms with E-state index in [1.807, 2.05) is 43.3 Å². The van der Waals surface area contributed by atoms with Crippen LogP contribution in [-0.2, 0) is 33.6 Å². The summed E-state index contributed by atoms with van der Waals surface area (Å²) in [6.07, 6.45) is 3.37. The van der Waals surface area contributed by atoms with E-state index >= 15 is 0 Å². The van der Waals surface area contributed by atoms with E-state index in [-0.39, 0.29) is 18.9 Å². The van der Waals surface area contributed by atoms with Crippen molar-refractivity contribution < 1.29 is 19.1 Å². The van der Waals surface area contributed by atoms with E-state index in [0.717, 1.165) is 36.1 Å². The number of fused-ring (bicyclic) bond motifs is 1. The number of carbonyl (C=O) groups excluding carboxylic acids is 2. The SMILES string of the molecule is COc1ccc(C)cc1CC(=O)OCC(=O)Nc1ccc2c(c1)CCC2. The lowest BCUT2D eigenvalue weighted by Gasteiger charge is -2.10. The Bertz CT molecular complexity index is 829. The zero-order valence-electron chi connectivity index (χ0n) is 15.1. The first-order valence-corrected chi connectivity index (χ1v) is 8.76. The van der Waals surface area contributed by atoms with E-state index in [0.29, 0.717) is 5.75 Å². The normalized spacial score (nSPS) is 12.4. The fourth-order valence-electron chi connectivity index (χ4n) is 3.24. The quantitative estimate of drug-likeness (QED) is 0.810. The van der Waals surface area contributed by atoms with Gasteiger partial charge in [-0.15, -0.1) is 0 Å². The molecule has 0 unspecified atom stereocenters. The van der Waals surface area contributed by atoms with Crippen LogP contribution in [-0.4, -0.2) is 25.6 Å². The van der Waals surface area contributed by atoms with E-state index in [2.05, 4.69) is 5.32 Å². The third-order valence-corrected chi connectivity index (χ3v) is 4.52. The molecule has 1 aliphatic rings. The van der Waals surface area contributed by atoms with Crippen molar-refractivity contribution >= 4 is 17.6 Å². The molecule has 2 aromatic rings. The van der Waals surface area contributed by atoms with Gasteiger partial charge in [0.1, 0.15) is 5.75 Å². The summed E-state index contributed by atoms with van der Waals surface area (Å²) >= 11 is 0. The molecule has 0 saturated heterocycles. The van der Waals surface area contributed by atoms with Crippen LogP contribution in [0.5, 0.6) is 5.75 Å². The number of amides is 1. The highest BCUT2D eigenvalue weighted by Gasteiger charge is 2.14. The van der Waals surface area contributed by atoms with Crippen molar-refractivity contribution in [1.82, 2.24) is 0 Å². The number of esters is 1. The van der Waals surface area contributed by atoms with E-state index in [9.17, 15) is 9.59 Å². The second kappa shape index (κ2) is 8.04. The molecule has 0 spiro atoms. The first kappa shape index (κ1) is 18.0. The lowest BCUT2D eigenvalue weighted by atomic mass is 10.1. The van der Waals surface area contributed by atoms with Crippen LogP contribution in [0.15, 0.2) is 36.4 Å². The largest absolute Gasteiger partial charge is 0.496 e. The Kier molecular flexibility index (Phi) is 5.56. The molecule has 0 bridgehead atoms. The number of hydrogen-bond acceptors (Lipinski definition) is 4. The molecule has 0 aromatic heterocycles. The van der Waals surface area contributed by atoms with Gasteiger partial charge in [-0.05, 0) is 55.5 Å². The summed E-state index contributed by atoms with van der Waals surface area (Å²) in [5.41, 5.74) is 5.15. The Morgan fingerprint density at radius 1 is 1.08 bits per heavy atom. The van der Waals surface area contributed by atoms with Crippen LogP contribution in [0.25, 0.3) is 0 Å². The number of benzene rings is 2. The summed E-state index contributed by atoms with van der Waals surface area (Å²) in [6.45, 7) is 1.64. The maximum atomic E-state index is 12.0. The second-order valence-corrected chi connectivity index (χ2v) is 6.54. The lowest BCUT2D eigenvalue weighted by Crippen LogP contribution is -2.21. The first-order valence-electron chi connectivity index (χ1n) is 8.76. The van der Waals surface area contributed by atoms with E-state index < -0.39 is 5.97 Å². The Labute approximate surface area is 153 Å². The molecule has 0 aliphatic heterocycles. The monoisotopic (exact) mass is 353 g/mol. The molecular weight excluding hydrogens is 330 g/mol. The van der Waals surface area contributed by atoms with Gasteiger partial charge in [-0.2, -0.15) is 0 Å². The van der Waals surface area contributed by atoms with Crippen LogP contribution in [0, 0.1) is 6.92 Å². The number of anilines is 1. The Morgan fingerprint density at radius 2 is 1.88 bits per heavy atom. The predicted molar refractivity (Wildman–Crippen MR) is 99.5 cm³/mol. The van der Waals surface area contributed by atoms with Gasteiger partial charge in [-0.3, -0.25) is 9.59 Å². The van der Waals surface area contributed by atoms with Crippen molar-refractivity contribution in [1.29, 1.82) is 0 Å². The average Bonchev–Trinajstić information content (AvgIpc) is 3.08. The van der Waals surface area contributed by atoms with Gasteiger partial charge in [0.25, 0.3) is 5.91 Å². The van der Waals surface area contributed by atoms with Gasteiger partial charge in [0.05, 0.1) is 13.5 Å². The van der Waals surface area contributed by atoms with Crippen molar-refractivity contribution in [3.05, 3.63) is 58.7 Å². The predicted octanol–water partition coefficient (Wildman–Crippen LogP) is 3.22. The van der Waals surface area contributed by atoms with Gasteiger partial charge in [-0.25, -0.2) is 0 Å². The summed E-state index contributed by atoms with van der Waals surface area (Å²) in [6, 6.07) is 11.6. The van der Waals surface area contributed by atoms with Gasteiger partial charge in [-0.1, -0.05) is 23.8 Å². The smallest absolute Gasteiger partial charge is 0.310 e. The van der Waals surface area contributed by atoms with Gasteiger partial charge >= 0.3 is 5.97 Å². The molecule has 0 heterocycles. The fourth-order valence-corrected chi connectivity index (χ4v) is 3.24. The summed E-state index contributed by atoms with van der Waals surface area (Å²) in [7, 11) is 1.56. The van der Waals surface area contributed by atoms with Gasteiger partial charge < -0.3 is 14.8 Å². The summed E-state index contributed by atoms with van der Waals surface area (Å²) in [4.78, 5) is 24.1. The number of methoxy groups -OCH3 is 1.